The Morgan fingerprint density at radius 3 is 2.47 bits per heavy atom. The Kier molecular flexibility index (Phi) is 15.3. The number of phenolic OH excluding ortho intramolecular Hbond substituents is 1. The zero-order valence-corrected chi connectivity index (χ0v) is 33.7. The third-order valence-electron chi connectivity index (χ3n) is 12.0. The second-order valence-electron chi connectivity index (χ2n) is 15.9. The first kappa shape index (κ1) is 41.6. The largest absolute Gasteiger partial charge is 0.504 e. The van der Waals surface area contributed by atoms with Crippen LogP contribution in [0.2, 0.25) is 0 Å². The Balaban J connectivity index is 1.03. The molecule has 8 nitrogen and oxygen atoms in total. The minimum atomic E-state index is -0.235. The Labute approximate surface area is 339 Å². The normalized spacial score (nSPS) is 19.1. The lowest BCUT2D eigenvalue weighted by Gasteiger charge is -2.42. The number of hydrogen-bond donors (Lipinski definition) is 4. The smallest absolute Gasteiger partial charge is 0.163 e. The highest BCUT2D eigenvalue weighted by atomic mass is 16.5. The molecular weight excluding hydrogens is 709 g/mol. The van der Waals surface area contributed by atoms with Crippen LogP contribution >= 0.6 is 0 Å². The summed E-state index contributed by atoms with van der Waals surface area (Å²) in [6.07, 6.45) is 19.3. The van der Waals surface area contributed by atoms with Crippen LogP contribution in [0, 0.1) is 17.8 Å². The summed E-state index contributed by atoms with van der Waals surface area (Å²) < 4.78 is 5.42. The van der Waals surface area contributed by atoms with Crippen molar-refractivity contribution < 1.29 is 19.4 Å². The number of pyridine rings is 1. The number of benzene rings is 3. The van der Waals surface area contributed by atoms with Crippen LogP contribution in [0.3, 0.4) is 0 Å². The zero-order chi connectivity index (χ0) is 40.0. The first-order valence-electron chi connectivity index (χ1n) is 20.8. The zero-order valence-electron chi connectivity index (χ0n) is 33.7. The molecule has 0 bridgehead atoms. The number of ketones is 2. The molecule has 4 aromatic rings. The second kappa shape index (κ2) is 20.9. The maximum atomic E-state index is 13.0. The van der Waals surface area contributed by atoms with E-state index in [9.17, 15) is 14.7 Å². The van der Waals surface area contributed by atoms with Gasteiger partial charge in [-0.3, -0.25) is 9.59 Å². The number of carbonyl (C=O) groups is 2. The number of fused-ring (bicyclic) bond motifs is 1. The quantitative estimate of drug-likeness (QED) is 0.0308. The van der Waals surface area contributed by atoms with Crippen molar-refractivity contribution in [3.8, 4) is 11.5 Å². The molecule has 300 valence electrons. The molecule has 0 saturated carbocycles. The molecule has 0 spiro atoms. The number of hydrogen-bond acceptors (Lipinski definition) is 8. The van der Waals surface area contributed by atoms with Gasteiger partial charge in [-0.2, -0.15) is 0 Å². The molecule has 5 N–H and O–H groups in total. The number of aromatic nitrogens is 1. The average molecular weight is 769 g/mol. The minimum absolute atomic E-state index is 0.0143. The molecule has 1 aromatic heterocycles. The molecule has 0 amide bonds. The van der Waals surface area contributed by atoms with E-state index in [2.05, 4.69) is 83.3 Å². The number of allylic oxidation sites excluding steroid dienone is 1. The maximum absolute atomic E-state index is 13.0. The van der Waals surface area contributed by atoms with E-state index in [-0.39, 0.29) is 23.7 Å². The van der Waals surface area contributed by atoms with Gasteiger partial charge in [0.15, 0.2) is 17.3 Å². The topological polar surface area (TPSA) is 127 Å². The molecule has 1 fully saturated rings. The first-order valence-corrected chi connectivity index (χ1v) is 20.8. The van der Waals surface area contributed by atoms with Gasteiger partial charge < -0.3 is 26.2 Å². The number of carbonyl (C=O) groups excluding carboxylic acids is 2. The van der Waals surface area contributed by atoms with E-state index >= 15 is 0 Å². The predicted octanol–water partition coefficient (Wildman–Crippen LogP) is 8.03. The number of nitrogens with zero attached hydrogens (tertiary/aromatic N) is 1. The molecular formula is C49H60N4O4. The van der Waals surface area contributed by atoms with Crippen molar-refractivity contribution >= 4 is 23.5 Å². The van der Waals surface area contributed by atoms with Gasteiger partial charge in [0.2, 0.25) is 0 Å². The number of phenols is 1. The van der Waals surface area contributed by atoms with Crippen molar-refractivity contribution in [2.75, 3.05) is 33.0 Å². The van der Waals surface area contributed by atoms with Gasteiger partial charge in [0.25, 0.3) is 0 Å². The van der Waals surface area contributed by atoms with Gasteiger partial charge in [-0.1, -0.05) is 85.7 Å². The van der Waals surface area contributed by atoms with Gasteiger partial charge in [-0.25, -0.2) is 4.98 Å². The summed E-state index contributed by atoms with van der Waals surface area (Å²) in [6.45, 7) is 2.16. The van der Waals surface area contributed by atoms with Crippen molar-refractivity contribution in [1.82, 2.24) is 15.6 Å². The molecule has 57 heavy (non-hydrogen) atoms. The molecule has 2 heterocycles. The van der Waals surface area contributed by atoms with E-state index in [4.69, 9.17) is 10.5 Å². The number of aryl methyl sites for hydroxylation is 4. The Hall–Kier alpha value is -5.05. The highest BCUT2D eigenvalue weighted by Gasteiger charge is 2.36. The van der Waals surface area contributed by atoms with Gasteiger partial charge in [0, 0.05) is 25.2 Å². The van der Waals surface area contributed by atoms with Gasteiger partial charge >= 0.3 is 0 Å². The highest BCUT2D eigenvalue weighted by molar-refractivity contribution is 6.06. The van der Waals surface area contributed by atoms with E-state index in [1.54, 1.807) is 24.4 Å². The SMILES string of the molecule is CN[C@@H]1C=C[C@@H]2CNCC[C@H]2[C@H]1CCCCCC(=O)CC(=O)/C=C/c1cc(OC)c(O)cc1Cc1cnc(N)cc1CCc1cccc(CCc2ccccc2)c1. The number of anilines is 1. The third kappa shape index (κ3) is 12.0. The summed E-state index contributed by atoms with van der Waals surface area (Å²) in [5.74, 6) is 2.47. The van der Waals surface area contributed by atoms with Crippen LogP contribution in [0.4, 0.5) is 5.82 Å². The number of nitrogen functional groups attached to an aromatic ring is 1. The summed E-state index contributed by atoms with van der Waals surface area (Å²) in [7, 11) is 3.55. The number of likely N-dealkylation sites (N-methyl/N-ethyl adjacent to an activating group) is 1. The maximum Gasteiger partial charge on any atom is 0.163 e. The Morgan fingerprint density at radius 1 is 0.912 bits per heavy atom. The van der Waals surface area contributed by atoms with Crippen LogP contribution in [0.5, 0.6) is 11.5 Å². The number of unbranched alkanes of at least 4 members (excludes halogenated alkanes) is 2. The third-order valence-corrected chi connectivity index (χ3v) is 12.0. The lowest BCUT2D eigenvalue weighted by Crippen LogP contribution is -2.47. The van der Waals surface area contributed by atoms with Gasteiger partial charge in [0.1, 0.15) is 11.6 Å². The number of nitrogens with one attached hydrogen (secondary N) is 2. The number of Topliss-reactive ketones (excluding diaryl/α,β-unsaturated/α-hetero) is 1. The molecule has 2 aliphatic rings. The fraction of sp³-hybridized carbons (Fsp3) is 0.408. The number of methoxy groups -OCH3 is 1. The summed E-state index contributed by atoms with van der Waals surface area (Å²) in [4.78, 5) is 30.3. The van der Waals surface area contributed by atoms with E-state index < -0.39 is 0 Å². The van der Waals surface area contributed by atoms with Crippen LogP contribution in [0.1, 0.15) is 83.9 Å². The molecule has 1 aliphatic carbocycles. The standard InChI is InChI=1S/C49H60N4O4/c1-51-46-23-21-39-32-52-25-24-44(39)45(46)15-8-4-7-14-42(54)31-43(55)22-20-37-29-48(57-2)47(56)28-40(37)27-41-33-53-49(50)30-38(41)19-18-36-13-9-12-35(26-36)17-16-34-10-5-3-6-11-34/h3,5-6,9-13,20-23,26,28-30,33,39,44-46,51-52,56H,4,7-8,14-19,24-25,27,31-32H2,1-2H3,(H2,50,53)/b22-20+/t39-,44-,45-,46-/m1/s1. The van der Waals surface area contributed by atoms with E-state index in [1.165, 1.54) is 36.3 Å². The van der Waals surface area contributed by atoms with E-state index in [0.717, 1.165) is 86.7 Å². The number of aromatic hydroxyl groups is 1. The van der Waals surface area contributed by atoms with Gasteiger partial charge in [-0.05, 0) is 146 Å². The minimum Gasteiger partial charge on any atom is -0.504 e. The molecule has 8 heteroatoms. The van der Waals surface area contributed by atoms with E-state index in [1.807, 2.05) is 12.1 Å². The van der Waals surface area contributed by atoms with Crippen molar-refractivity contribution in [2.45, 2.75) is 83.1 Å². The number of nitrogens with two attached hydrogens (primary N) is 1. The Bertz CT molecular complexity index is 2010. The summed E-state index contributed by atoms with van der Waals surface area (Å²) in [6, 6.07) is 25.1. The predicted molar refractivity (Wildman–Crippen MR) is 231 cm³/mol. The number of rotatable bonds is 20. The lowest BCUT2D eigenvalue weighted by atomic mass is 9.68. The fourth-order valence-corrected chi connectivity index (χ4v) is 8.82. The van der Waals surface area contributed by atoms with Crippen LogP contribution in [-0.2, 0) is 41.7 Å². The molecule has 6 rings (SSSR count). The van der Waals surface area contributed by atoms with Crippen molar-refractivity contribution in [2.24, 2.45) is 17.8 Å². The van der Waals surface area contributed by atoms with Crippen LogP contribution in [-0.4, -0.2) is 54.9 Å². The van der Waals surface area contributed by atoms with Crippen LogP contribution in [0.25, 0.3) is 6.08 Å². The molecule has 0 radical (unpaired) electrons. The summed E-state index contributed by atoms with van der Waals surface area (Å²) >= 11 is 0. The molecule has 3 aromatic carbocycles. The molecule has 1 saturated heterocycles. The summed E-state index contributed by atoms with van der Waals surface area (Å²) in [5.41, 5.74) is 13.7. The van der Waals surface area contributed by atoms with Crippen LogP contribution in [0.15, 0.2) is 97.2 Å². The van der Waals surface area contributed by atoms with Crippen molar-refractivity contribution in [3.63, 3.8) is 0 Å². The summed E-state index contributed by atoms with van der Waals surface area (Å²) in [5, 5.41) is 17.8. The highest BCUT2D eigenvalue weighted by Crippen LogP contribution is 2.38. The van der Waals surface area contributed by atoms with Crippen LogP contribution < -0.4 is 21.1 Å². The van der Waals surface area contributed by atoms with Crippen molar-refractivity contribution in [3.05, 3.63) is 136 Å². The number of ether oxygens (including phenoxy) is 1. The number of piperidine rings is 1. The Morgan fingerprint density at radius 2 is 1.68 bits per heavy atom. The molecule has 1 aliphatic heterocycles. The fourth-order valence-electron chi connectivity index (χ4n) is 8.82. The lowest BCUT2D eigenvalue weighted by molar-refractivity contribution is -0.124. The second-order valence-corrected chi connectivity index (χ2v) is 15.9. The molecule has 0 unspecified atom stereocenters. The van der Waals surface area contributed by atoms with Crippen molar-refractivity contribution in [1.29, 1.82) is 0 Å². The van der Waals surface area contributed by atoms with Gasteiger partial charge in [0.05, 0.1) is 13.5 Å². The average Bonchev–Trinajstić information content (AvgIpc) is 3.23. The van der Waals surface area contributed by atoms with Gasteiger partial charge in [-0.15, -0.1) is 0 Å². The first-order chi connectivity index (χ1) is 27.8. The van der Waals surface area contributed by atoms with E-state index in [0.29, 0.717) is 48.2 Å². The molecule has 4 atom stereocenters. The monoisotopic (exact) mass is 768 g/mol.